The summed E-state index contributed by atoms with van der Waals surface area (Å²) in [5, 5.41) is 13.0. The Labute approximate surface area is 210 Å². The van der Waals surface area contributed by atoms with Gasteiger partial charge in [0.15, 0.2) is 0 Å². The fourth-order valence-corrected chi connectivity index (χ4v) is 5.18. The predicted molar refractivity (Wildman–Crippen MR) is 131 cm³/mol. The van der Waals surface area contributed by atoms with Crippen molar-refractivity contribution in [1.82, 2.24) is 15.3 Å². The number of benzene rings is 1. The number of amides is 1. The third-order valence-corrected chi connectivity index (χ3v) is 7.78. The number of halogens is 2. The van der Waals surface area contributed by atoms with Gasteiger partial charge < -0.3 is 20.1 Å². The number of piperidine rings is 1. The number of carbonyl (C=O) groups excluding carboxylic acids is 1. The van der Waals surface area contributed by atoms with Crippen LogP contribution in [0.5, 0.6) is 5.75 Å². The van der Waals surface area contributed by atoms with Crippen LogP contribution in [0.1, 0.15) is 44.1 Å². The lowest BCUT2D eigenvalue weighted by Crippen LogP contribution is -2.35. The van der Waals surface area contributed by atoms with Gasteiger partial charge in [0.05, 0.1) is 36.0 Å². The second kappa shape index (κ2) is 10.3. The number of hydrogen-bond donors (Lipinski definition) is 2. The van der Waals surface area contributed by atoms with Crippen LogP contribution in [0.3, 0.4) is 0 Å². The molecule has 7 nitrogen and oxygen atoms in total. The van der Waals surface area contributed by atoms with Gasteiger partial charge in [0.2, 0.25) is 11.9 Å². The van der Waals surface area contributed by atoms with E-state index in [1.54, 1.807) is 24.5 Å². The van der Waals surface area contributed by atoms with Crippen molar-refractivity contribution < 1.29 is 19.0 Å². The molecule has 2 atom stereocenters. The highest BCUT2D eigenvalue weighted by Gasteiger charge is 2.43. The molecule has 2 saturated carbocycles. The Morgan fingerprint density at radius 1 is 1.26 bits per heavy atom. The van der Waals surface area contributed by atoms with E-state index in [0.717, 1.165) is 50.1 Å². The summed E-state index contributed by atoms with van der Waals surface area (Å²) >= 11 is 5.88. The summed E-state index contributed by atoms with van der Waals surface area (Å²) in [5.74, 6) is 2.67. The van der Waals surface area contributed by atoms with Crippen molar-refractivity contribution in [2.75, 3.05) is 31.1 Å². The van der Waals surface area contributed by atoms with E-state index in [2.05, 4.69) is 20.2 Å². The van der Waals surface area contributed by atoms with Crippen LogP contribution in [0.25, 0.3) is 0 Å². The number of hydrogen-bond acceptors (Lipinski definition) is 6. The lowest BCUT2D eigenvalue weighted by Gasteiger charge is -2.32. The molecule has 1 aromatic carbocycles. The Morgan fingerprint density at radius 3 is 2.69 bits per heavy atom. The van der Waals surface area contributed by atoms with Gasteiger partial charge in [-0.3, -0.25) is 4.79 Å². The Bertz CT molecular complexity index is 1040. The topological polar surface area (TPSA) is 87.6 Å². The second-order valence-corrected chi connectivity index (χ2v) is 10.7. The molecule has 0 radical (unpaired) electrons. The molecule has 188 valence electrons. The lowest BCUT2D eigenvalue weighted by atomic mass is 9.90. The molecule has 2 aliphatic carbocycles. The number of nitrogens with one attached hydrogen (secondary N) is 1. The second-order valence-electron chi connectivity index (χ2n) is 10.3. The van der Waals surface area contributed by atoms with Crippen LogP contribution in [0.15, 0.2) is 30.6 Å². The number of nitrogens with zero attached hydrogens (tertiary/aromatic N) is 3. The van der Waals surface area contributed by atoms with Crippen molar-refractivity contribution in [3.8, 4) is 5.75 Å². The smallest absolute Gasteiger partial charge is 0.225 e. The zero-order chi connectivity index (χ0) is 24.4. The maximum atomic E-state index is 14.4. The first-order valence-electron chi connectivity index (χ1n) is 12.5. The van der Waals surface area contributed by atoms with Gasteiger partial charge in [0.25, 0.3) is 0 Å². The number of aromatic nitrogens is 2. The monoisotopic (exact) mass is 502 g/mol. The van der Waals surface area contributed by atoms with Crippen LogP contribution in [0, 0.1) is 23.6 Å². The summed E-state index contributed by atoms with van der Waals surface area (Å²) in [7, 11) is 0. The number of ether oxygens (including phenoxy) is 1. The van der Waals surface area contributed by atoms with Gasteiger partial charge in [0, 0.05) is 25.7 Å². The van der Waals surface area contributed by atoms with Gasteiger partial charge in [0.1, 0.15) is 11.6 Å². The van der Waals surface area contributed by atoms with E-state index >= 15 is 0 Å². The van der Waals surface area contributed by atoms with E-state index in [1.807, 2.05) is 0 Å². The fourth-order valence-electron chi connectivity index (χ4n) is 5.09. The van der Waals surface area contributed by atoms with Gasteiger partial charge in [-0.1, -0.05) is 17.7 Å². The summed E-state index contributed by atoms with van der Waals surface area (Å²) in [6.45, 7) is 2.73. The summed E-state index contributed by atoms with van der Waals surface area (Å²) < 4.78 is 20.3. The predicted octanol–water partition coefficient (Wildman–Crippen LogP) is 3.77. The van der Waals surface area contributed by atoms with E-state index in [4.69, 9.17) is 16.3 Å². The van der Waals surface area contributed by atoms with E-state index in [-0.39, 0.29) is 18.9 Å². The molecule has 1 saturated heterocycles. The van der Waals surface area contributed by atoms with Crippen LogP contribution in [-0.2, 0) is 11.2 Å². The zero-order valence-electron chi connectivity index (χ0n) is 19.8. The number of anilines is 1. The molecular weight excluding hydrogens is 471 g/mol. The number of rotatable bonds is 10. The molecule has 2 heterocycles. The molecule has 1 aromatic heterocycles. The highest BCUT2D eigenvalue weighted by molar-refractivity contribution is 6.30. The molecule has 0 bridgehead atoms. The van der Waals surface area contributed by atoms with Gasteiger partial charge in [-0.25, -0.2) is 14.4 Å². The van der Waals surface area contributed by atoms with Crippen molar-refractivity contribution in [1.29, 1.82) is 0 Å². The van der Waals surface area contributed by atoms with Crippen molar-refractivity contribution in [2.24, 2.45) is 17.8 Å². The minimum atomic E-state index is -0.754. The quantitative estimate of drug-likeness (QED) is 0.514. The fraction of sp³-hybridized carbons (Fsp3) is 0.577. The molecule has 5 rings (SSSR count). The number of aliphatic hydroxyl groups is 1. The van der Waals surface area contributed by atoms with Gasteiger partial charge in [-0.05, 0) is 67.9 Å². The Hall–Kier alpha value is -2.45. The Kier molecular flexibility index (Phi) is 7.12. The number of carbonyl (C=O) groups is 1. The minimum absolute atomic E-state index is 0.0467. The molecule has 9 heteroatoms. The third kappa shape index (κ3) is 6.41. The summed E-state index contributed by atoms with van der Waals surface area (Å²) in [6.07, 6.45) is 9.15. The first-order valence-corrected chi connectivity index (χ1v) is 12.9. The molecule has 3 fully saturated rings. The molecule has 2 N–H and O–H groups in total. The van der Waals surface area contributed by atoms with Crippen LogP contribution in [0.4, 0.5) is 10.3 Å². The first-order chi connectivity index (χ1) is 16.9. The van der Waals surface area contributed by atoms with Crippen LogP contribution in [0.2, 0.25) is 5.02 Å². The summed E-state index contributed by atoms with van der Waals surface area (Å²) in [4.78, 5) is 22.9. The van der Waals surface area contributed by atoms with Crippen molar-refractivity contribution in [3.63, 3.8) is 0 Å². The SMILES string of the molecule is O=C(Cc1ccc(OCC[C@@H]2C[C@@H]2C2CCN(c3ncc(Cl)cn3)CC2)cc1F)NCC1(O)CC1. The highest BCUT2D eigenvalue weighted by Crippen LogP contribution is 2.49. The molecular formula is C26H32ClFN4O3. The van der Waals surface area contributed by atoms with Crippen molar-refractivity contribution in [2.45, 2.75) is 50.5 Å². The zero-order valence-corrected chi connectivity index (χ0v) is 20.5. The molecule has 0 unspecified atom stereocenters. The van der Waals surface area contributed by atoms with E-state index in [0.29, 0.717) is 41.7 Å². The average Bonchev–Trinajstić information content (AvgIpc) is 3.78. The largest absolute Gasteiger partial charge is 0.493 e. The van der Waals surface area contributed by atoms with Gasteiger partial charge in [-0.2, -0.15) is 0 Å². The summed E-state index contributed by atoms with van der Waals surface area (Å²) in [5.41, 5.74) is -0.425. The molecule has 2 aromatic rings. The van der Waals surface area contributed by atoms with E-state index in [9.17, 15) is 14.3 Å². The molecule has 35 heavy (non-hydrogen) atoms. The van der Waals surface area contributed by atoms with Crippen LogP contribution >= 0.6 is 11.6 Å². The maximum absolute atomic E-state index is 14.4. The average molecular weight is 503 g/mol. The normalized spacial score (nSPS) is 23.1. The van der Waals surface area contributed by atoms with Crippen LogP contribution < -0.4 is 15.0 Å². The lowest BCUT2D eigenvalue weighted by molar-refractivity contribution is -0.121. The maximum Gasteiger partial charge on any atom is 0.225 e. The summed E-state index contributed by atoms with van der Waals surface area (Å²) in [6, 6.07) is 4.68. The Balaban J connectivity index is 1.00. The molecule has 0 spiro atoms. The minimum Gasteiger partial charge on any atom is -0.493 e. The molecule has 1 aliphatic heterocycles. The Morgan fingerprint density at radius 2 is 2.00 bits per heavy atom. The first kappa shape index (κ1) is 24.3. The van der Waals surface area contributed by atoms with Crippen molar-refractivity contribution >= 4 is 23.5 Å². The standard InChI is InChI=1S/C26H32ClFN4O3/c27-20-14-29-25(30-15-20)32-8-3-17(4-9-32)22-11-18(22)5-10-35-21-2-1-19(23(28)13-21)12-24(33)31-16-26(34)6-7-26/h1-2,13-15,17-18,22,34H,3-12,16H2,(H,31,33)/t18-,22-/m1/s1. The molecule has 1 amide bonds. The van der Waals surface area contributed by atoms with Gasteiger partial charge >= 0.3 is 0 Å². The van der Waals surface area contributed by atoms with Crippen molar-refractivity contribution in [3.05, 3.63) is 47.0 Å². The third-order valence-electron chi connectivity index (χ3n) is 7.59. The van der Waals surface area contributed by atoms with E-state index < -0.39 is 11.4 Å². The van der Waals surface area contributed by atoms with Gasteiger partial charge in [-0.15, -0.1) is 0 Å². The molecule has 3 aliphatic rings. The van der Waals surface area contributed by atoms with E-state index in [1.165, 1.54) is 12.5 Å². The van der Waals surface area contributed by atoms with Crippen LogP contribution in [-0.4, -0.2) is 52.8 Å². The highest BCUT2D eigenvalue weighted by atomic mass is 35.5.